The number of benzene rings is 3. The van der Waals surface area contributed by atoms with Gasteiger partial charge in [0.15, 0.2) is 6.10 Å². The van der Waals surface area contributed by atoms with E-state index in [9.17, 15) is 4.79 Å². The number of Topliss-reactive ketones (excluding diaryl/α,β-unsaturated/α-hetero) is 1. The topological polar surface area (TPSA) is 52.1 Å². The summed E-state index contributed by atoms with van der Waals surface area (Å²) in [7, 11) is 0. The van der Waals surface area contributed by atoms with Gasteiger partial charge in [-0.05, 0) is 42.8 Å². The molecule has 0 spiro atoms. The first-order chi connectivity index (χ1) is 13.7. The van der Waals surface area contributed by atoms with E-state index in [-0.39, 0.29) is 5.78 Å². The monoisotopic (exact) mass is 368 g/mol. The van der Waals surface area contributed by atoms with Crippen molar-refractivity contribution in [3.8, 4) is 17.0 Å². The minimum atomic E-state index is -0.506. The fourth-order valence-corrected chi connectivity index (χ4v) is 3.08. The summed E-state index contributed by atoms with van der Waals surface area (Å²) in [6.07, 6.45) is 1.87. The van der Waals surface area contributed by atoms with Gasteiger partial charge in [0.25, 0.3) is 0 Å². The second-order valence-corrected chi connectivity index (χ2v) is 6.51. The van der Waals surface area contributed by atoms with Crippen molar-refractivity contribution in [2.24, 2.45) is 0 Å². The number of hydrogen-bond acceptors (Lipinski definition) is 4. The van der Waals surface area contributed by atoms with Gasteiger partial charge in [-0.2, -0.15) is 0 Å². The van der Waals surface area contributed by atoms with E-state index in [2.05, 4.69) is 9.97 Å². The van der Waals surface area contributed by atoms with E-state index in [0.29, 0.717) is 17.7 Å². The Bertz CT molecular complexity index is 1090. The molecule has 4 heteroatoms. The molecule has 138 valence electrons. The Morgan fingerprint density at radius 2 is 1.57 bits per heavy atom. The first kappa shape index (κ1) is 17.9. The molecule has 1 heterocycles. The Morgan fingerprint density at radius 3 is 2.29 bits per heavy atom. The molecule has 4 nitrogen and oxygen atoms in total. The second-order valence-electron chi connectivity index (χ2n) is 6.51. The zero-order valence-corrected chi connectivity index (χ0v) is 15.6. The number of hydrogen-bond donors (Lipinski definition) is 0. The smallest absolute Gasteiger partial charge is 0.203 e. The highest BCUT2D eigenvalue weighted by Gasteiger charge is 2.20. The van der Waals surface area contributed by atoms with Crippen molar-refractivity contribution >= 4 is 16.8 Å². The van der Waals surface area contributed by atoms with Crippen molar-refractivity contribution in [1.82, 2.24) is 9.97 Å². The van der Waals surface area contributed by atoms with Gasteiger partial charge in [-0.25, -0.2) is 4.98 Å². The summed E-state index contributed by atoms with van der Waals surface area (Å²) in [4.78, 5) is 21.8. The van der Waals surface area contributed by atoms with E-state index in [1.54, 1.807) is 6.20 Å². The third-order valence-electron chi connectivity index (χ3n) is 4.60. The molecule has 4 rings (SSSR count). The van der Waals surface area contributed by atoms with E-state index >= 15 is 0 Å². The molecule has 0 N–H and O–H groups in total. The lowest BCUT2D eigenvalue weighted by Crippen LogP contribution is -2.26. The molecule has 0 aliphatic rings. The van der Waals surface area contributed by atoms with Crippen LogP contribution in [-0.4, -0.2) is 21.9 Å². The van der Waals surface area contributed by atoms with Gasteiger partial charge in [0, 0.05) is 11.1 Å². The molecule has 0 aliphatic heterocycles. The molecule has 0 saturated heterocycles. The fourth-order valence-electron chi connectivity index (χ4n) is 3.08. The van der Waals surface area contributed by atoms with Gasteiger partial charge >= 0.3 is 0 Å². The summed E-state index contributed by atoms with van der Waals surface area (Å²) >= 11 is 0. The third-order valence-corrected chi connectivity index (χ3v) is 4.60. The average molecular weight is 368 g/mol. The van der Waals surface area contributed by atoms with E-state index in [0.717, 1.165) is 22.3 Å². The predicted octanol–water partition coefficient (Wildman–Crippen LogP) is 5.34. The highest BCUT2D eigenvalue weighted by Crippen LogP contribution is 2.23. The first-order valence-electron chi connectivity index (χ1n) is 9.33. The zero-order valence-electron chi connectivity index (χ0n) is 15.6. The second kappa shape index (κ2) is 8.01. The van der Waals surface area contributed by atoms with Crippen molar-refractivity contribution in [2.45, 2.75) is 19.4 Å². The highest BCUT2D eigenvalue weighted by atomic mass is 16.5. The van der Waals surface area contributed by atoms with Crippen molar-refractivity contribution in [3.63, 3.8) is 0 Å². The minimum Gasteiger partial charge on any atom is -0.482 e. The zero-order chi connectivity index (χ0) is 19.3. The Hall–Kier alpha value is -3.53. The standard InChI is InChI=1S/C24H20N2O2/c1-2-23(24(27)18-8-4-3-5-9-18)28-19-14-12-17(13-15-19)22-16-25-20-10-6-7-11-21(20)26-22/h3-16,23H,2H2,1H3/t23-/m1/s1. The van der Waals surface area contributed by atoms with Crippen LogP contribution in [0.3, 0.4) is 0 Å². The summed E-state index contributed by atoms with van der Waals surface area (Å²) < 4.78 is 5.96. The Morgan fingerprint density at radius 1 is 0.893 bits per heavy atom. The number of fused-ring (bicyclic) bond motifs is 1. The van der Waals surface area contributed by atoms with Crippen molar-refractivity contribution < 1.29 is 9.53 Å². The van der Waals surface area contributed by atoms with Crippen molar-refractivity contribution in [2.75, 3.05) is 0 Å². The summed E-state index contributed by atoms with van der Waals surface area (Å²) in [6, 6.07) is 24.7. The Labute approximate surface area is 163 Å². The molecule has 28 heavy (non-hydrogen) atoms. The number of nitrogens with zero attached hydrogens (tertiary/aromatic N) is 2. The molecule has 0 unspecified atom stereocenters. The molecular formula is C24H20N2O2. The van der Waals surface area contributed by atoms with Gasteiger partial charge in [-0.15, -0.1) is 0 Å². The lowest BCUT2D eigenvalue weighted by Gasteiger charge is -2.17. The van der Waals surface area contributed by atoms with Crippen LogP contribution in [0.25, 0.3) is 22.3 Å². The molecule has 0 saturated carbocycles. The van der Waals surface area contributed by atoms with Crippen LogP contribution < -0.4 is 4.74 Å². The van der Waals surface area contributed by atoms with E-state index in [1.165, 1.54) is 0 Å². The largest absolute Gasteiger partial charge is 0.482 e. The van der Waals surface area contributed by atoms with E-state index in [4.69, 9.17) is 4.74 Å². The van der Waals surface area contributed by atoms with Crippen molar-refractivity contribution in [1.29, 1.82) is 0 Å². The normalized spacial score (nSPS) is 11.9. The van der Waals surface area contributed by atoms with Crippen LogP contribution in [0.5, 0.6) is 5.75 Å². The van der Waals surface area contributed by atoms with Gasteiger partial charge in [0.2, 0.25) is 5.78 Å². The molecule has 3 aromatic carbocycles. The quantitative estimate of drug-likeness (QED) is 0.431. The molecule has 1 aromatic heterocycles. The lowest BCUT2D eigenvalue weighted by atomic mass is 10.0. The molecule has 0 bridgehead atoms. The van der Waals surface area contributed by atoms with Crippen LogP contribution in [0.2, 0.25) is 0 Å². The molecule has 1 atom stereocenters. The number of aromatic nitrogens is 2. The van der Waals surface area contributed by atoms with Crippen LogP contribution in [0.15, 0.2) is 85.1 Å². The minimum absolute atomic E-state index is 0.00688. The summed E-state index contributed by atoms with van der Waals surface area (Å²) in [5.74, 6) is 0.654. The van der Waals surface area contributed by atoms with Crippen LogP contribution in [0.4, 0.5) is 0 Å². The average Bonchev–Trinajstić information content (AvgIpc) is 2.77. The number of ether oxygens (including phenoxy) is 1. The van der Waals surface area contributed by atoms with Crippen LogP contribution >= 0.6 is 0 Å². The van der Waals surface area contributed by atoms with Gasteiger partial charge in [0.1, 0.15) is 5.75 Å². The van der Waals surface area contributed by atoms with Gasteiger partial charge in [-0.1, -0.05) is 49.4 Å². The molecule has 0 amide bonds. The molecule has 0 fully saturated rings. The number of para-hydroxylation sites is 2. The molecule has 4 aromatic rings. The summed E-state index contributed by atoms with van der Waals surface area (Å²) in [6.45, 7) is 1.95. The van der Waals surface area contributed by atoms with E-state index < -0.39 is 6.10 Å². The fraction of sp³-hybridized carbons (Fsp3) is 0.125. The van der Waals surface area contributed by atoms with Crippen LogP contribution in [0, 0.1) is 0 Å². The molecule has 0 aliphatic carbocycles. The summed E-state index contributed by atoms with van der Waals surface area (Å²) in [5, 5.41) is 0. The molecular weight excluding hydrogens is 348 g/mol. The van der Waals surface area contributed by atoms with E-state index in [1.807, 2.05) is 85.8 Å². The van der Waals surface area contributed by atoms with Gasteiger partial charge in [-0.3, -0.25) is 9.78 Å². The van der Waals surface area contributed by atoms with Crippen LogP contribution in [0.1, 0.15) is 23.7 Å². The SMILES string of the molecule is CC[C@@H](Oc1ccc(-c2cnc3ccccc3n2)cc1)C(=O)c1ccccc1. The number of carbonyl (C=O) groups excluding carboxylic acids is 1. The Kier molecular flexibility index (Phi) is 5.11. The maximum atomic E-state index is 12.6. The number of carbonyl (C=O) groups is 1. The maximum absolute atomic E-state index is 12.6. The highest BCUT2D eigenvalue weighted by molar-refractivity contribution is 5.99. The van der Waals surface area contributed by atoms with Gasteiger partial charge < -0.3 is 4.74 Å². The third kappa shape index (κ3) is 3.76. The molecule has 0 radical (unpaired) electrons. The number of ketones is 1. The Balaban J connectivity index is 1.52. The van der Waals surface area contributed by atoms with Crippen LogP contribution in [-0.2, 0) is 0 Å². The predicted molar refractivity (Wildman–Crippen MR) is 110 cm³/mol. The van der Waals surface area contributed by atoms with Crippen molar-refractivity contribution in [3.05, 3.63) is 90.6 Å². The maximum Gasteiger partial charge on any atom is 0.203 e. The summed E-state index contributed by atoms with van der Waals surface area (Å²) in [5.41, 5.74) is 4.15. The van der Waals surface area contributed by atoms with Gasteiger partial charge in [0.05, 0.1) is 22.9 Å². The first-order valence-corrected chi connectivity index (χ1v) is 9.33. The lowest BCUT2D eigenvalue weighted by molar-refractivity contribution is 0.0786. The number of rotatable bonds is 6.